The molecule has 2 N–H and O–H groups in total. The molecule has 0 aliphatic carbocycles. The number of carbonyl (C=O) groups excluding carboxylic acids is 1. The van der Waals surface area contributed by atoms with E-state index in [-0.39, 0.29) is 11.0 Å². The van der Waals surface area contributed by atoms with Crippen LogP contribution in [0.2, 0.25) is 0 Å². The molecule has 2 heterocycles. The molecule has 9 heteroatoms. The van der Waals surface area contributed by atoms with Gasteiger partial charge in [0, 0.05) is 17.4 Å². The number of rotatable bonds is 4. The smallest absolute Gasteiger partial charge is 0.261 e. The number of hydrogen-bond donors (Lipinski definition) is 2. The summed E-state index contributed by atoms with van der Waals surface area (Å²) in [5, 5.41) is 7.86. The molecule has 5 rings (SSSR count). The summed E-state index contributed by atoms with van der Waals surface area (Å²) in [5.41, 5.74) is 3.92. The Bertz CT molecular complexity index is 1580. The van der Waals surface area contributed by atoms with Gasteiger partial charge in [0.05, 0.1) is 17.1 Å². The van der Waals surface area contributed by atoms with Gasteiger partial charge in [-0.3, -0.25) is 10.1 Å². The number of fused-ring (bicyclic) bond motifs is 2. The second-order valence-electron chi connectivity index (χ2n) is 7.77. The molecule has 174 valence electrons. The molecule has 35 heavy (non-hydrogen) atoms. The number of halogens is 1. The van der Waals surface area contributed by atoms with Crippen LogP contribution in [0, 0.1) is 6.92 Å². The average molecular weight is 547 g/mol. The van der Waals surface area contributed by atoms with Crippen molar-refractivity contribution < 1.29 is 13.9 Å². The number of benzene rings is 3. The van der Waals surface area contributed by atoms with E-state index in [4.69, 9.17) is 21.4 Å². The molecule has 0 unspecified atom stereocenters. The Morgan fingerprint density at radius 2 is 1.94 bits per heavy atom. The number of aromatic nitrogens is 2. The van der Waals surface area contributed by atoms with Gasteiger partial charge in [-0.25, -0.2) is 4.98 Å². The van der Waals surface area contributed by atoms with E-state index in [0.29, 0.717) is 32.9 Å². The molecule has 0 saturated carbocycles. The summed E-state index contributed by atoms with van der Waals surface area (Å²) in [5.74, 6) is 0.499. The van der Waals surface area contributed by atoms with Gasteiger partial charge in [-0.15, -0.1) is 0 Å². The van der Waals surface area contributed by atoms with Crippen LogP contribution in [0.15, 0.2) is 75.8 Å². The van der Waals surface area contributed by atoms with Crippen molar-refractivity contribution in [3.8, 4) is 17.2 Å². The van der Waals surface area contributed by atoms with Crippen LogP contribution in [0.1, 0.15) is 15.9 Å². The molecule has 2 aromatic heterocycles. The molecular weight excluding hydrogens is 528 g/mol. The van der Waals surface area contributed by atoms with Crippen LogP contribution in [-0.4, -0.2) is 28.1 Å². The third kappa shape index (κ3) is 4.48. The van der Waals surface area contributed by atoms with Gasteiger partial charge in [-0.05, 0) is 81.7 Å². The van der Waals surface area contributed by atoms with Gasteiger partial charge in [-0.1, -0.05) is 30.3 Å². The van der Waals surface area contributed by atoms with E-state index < -0.39 is 0 Å². The average Bonchev–Trinajstić information content (AvgIpc) is 3.29. The van der Waals surface area contributed by atoms with Crippen molar-refractivity contribution in [3.05, 3.63) is 82.5 Å². The molecule has 0 bridgehead atoms. The third-order valence-corrected chi connectivity index (χ3v) is 6.51. The first-order valence-corrected chi connectivity index (χ1v) is 11.8. The number of anilines is 1. The zero-order chi connectivity index (χ0) is 24.5. The number of aryl methyl sites for hydroxylation is 1. The number of pyridine rings is 1. The van der Waals surface area contributed by atoms with Crippen LogP contribution in [0.4, 0.5) is 5.69 Å². The van der Waals surface area contributed by atoms with Gasteiger partial charge in [0.15, 0.2) is 16.3 Å². The highest BCUT2D eigenvalue weighted by Crippen LogP contribution is 2.36. The number of hydrogen-bond acceptors (Lipinski definition) is 6. The molecule has 0 atom stereocenters. The van der Waals surface area contributed by atoms with Gasteiger partial charge in [0.25, 0.3) is 5.91 Å². The van der Waals surface area contributed by atoms with Crippen molar-refractivity contribution >= 4 is 66.9 Å². The van der Waals surface area contributed by atoms with Gasteiger partial charge < -0.3 is 14.5 Å². The van der Waals surface area contributed by atoms with Gasteiger partial charge in [0.1, 0.15) is 5.75 Å². The molecule has 0 saturated heterocycles. The lowest BCUT2D eigenvalue weighted by Crippen LogP contribution is -2.34. The minimum absolute atomic E-state index is 0.154. The second-order valence-corrected chi connectivity index (χ2v) is 8.98. The van der Waals surface area contributed by atoms with Crippen LogP contribution in [0.5, 0.6) is 5.75 Å². The normalized spacial score (nSPS) is 10.9. The molecule has 3 aromatic carbocycles. The van der Waals surface area contributed by atoms with Crippen molar-refractivity contribution in [1.29, 1.82) is 0 Å². The van der Waals surface area contributed by atoms with Crippen LogP contribution >= 0.6 is 28.1 Å². The fourth-order valence-electron chi connectivity index (χ4n) is 3.76. The summed E-state index contributed by atoms with van der Waals surface area (Å²) in [6.07, 6.45) is 1.67. The first kappa shape index (κ1) is 22.9. The summed E-state index contributed by atoms with van der Waals surface area (Å²) < 4.78 is 12.1. The molecule has 0 radical (unpaired) electrons. The minimum atomic E-state index is -0.385. The summed E-state index contributed by atoms with van der Waals surface area (Å²) in [7, 11) is 1.53. The summed E-state index contributed by atoms with van der Waals surface area (Å²) >= 11 is 9.01. The molecule has 1 amide bonds. The van der Waals surface area contributed by atoms with Crippen molar-refractivity contribution in [1.82, 2.24) is 15.3 Å². The molecule has 0 aliphatic rings. The fourth-order valence-corrected chi connectivity index (χ4v) is 4.70. The fraction of sp³-hybridized carbons (Fsp3) is 0.0769. The number of ether oxygens (including phenoxy) is 1. The number of amides is 1. The first-order valence-electron chi connectivity index (χ1n) is 10.6. The Labute approximate surface area is 214 Å². The zero-order valence-electron chi connectivity index (χ0n) is 18.8. The van der Waals surface area contributed by atoms with Crippen LogP contribution in [0.3, 0.4) is 0 Å². The summed E-state index contributed by atoms with van der Waals surface area (Å²) in [4.78, 5) is 21.8. The number of nitrogens with zero attached hydrogens (tertiary/aromatic N) is 2. The van der Waals surface area contributed by atoms with Crippen molar-refractivity contribution in [2.24, 2.45) is 0 Å². The number of methoxy groups -OCH3 is 1. The van der Waals surface area contributed by atoms with Crippen molar-refractivity contribution in [3.63, 3.8) is 0 Å². The van der Waals surface area contributed by atoms with E-state index >= 15 is 0 Å². The monoisotopic (exact) mass is 546 g/mol. The van der Waals surface area contributed by atoms with E-state index in [0.717, 1.165) is 27.6 Å². The lowest BCUT2D eigenvalue weighted by atomic mass is 10.1. The first-order chi connectivity index (χ1) is 16.9. The second kappa shape index (κ2) is 9.44. The van der Waals surface area contributed by atoms with Crippen molar-refractivity contribution in [2.75, 3.05) is 12.4 Å². The maximum atomic E-state index is 13.1. The van der Waals surface area contributed by atoms with Gasteiger partial charge in [0.2, 0.25) is 5.89 Å². The molecule has 5 aromatic rings. The number of oxazole rings is 1. The van der Waals surface area contributed by atoms with E-state index in [1.165, 1.54) is 7.11 Å². The predicted octanol–water partition coefficient (Wildman–Crippen LogP) is 6.25. The lowest BCUT2D eigenvalue weighted by molar-refractivity contribution is 0.0975. The minimum Gasteiger partial charge on any atom is -0.495 e. The van der Waals surface area contributed by atoms with E-state index in [1.807, 2.05) is 55.5 Å². The standard InChI is InChI=1S/C26H19BrN4O3S/c1-14-9-10-16(25-30-23-20(34-25)8-5-11-28-23)13-19(14)29-26(35)31-24(32)18-12-15-6-3-4-7-17(15)21(27)22(18)33-2/h3-13H,1-2H3,(H2,29,31,32,35). The molecule has 0 spiro atoms. The Kier molecular flexibility index (Phi) is 6.19. The highest BCUT2D eigenvalue weighted by molar-refractivity contribution is 9.10. The van der Waals surface area contributed by atoms with E-state index in [2.05, 4.69) is 36.5 Å². The lowest BCUT2D eigenvalue weighted by Gasteiger charge is -2.15. The zero-order valence-corrected chi connectivity index (χ0v) is 21.2. The van der Waals surface area contributed by atoms with Crippen LogP contribution in [-0.2, 0) is 0 Å². The molecule has 0 aliphatic heterocycles. The Hall–Kier alpha value is -3.82. The summed E-state index contributed by atoms with van der Waals surface area (Å²) in [6.45, 7) is 1.94. The van der Waals surface area contributed by atoms with Crippen LogP contribution in [0.25, 0.3) is 33.5 Å². The summed E-state index contributed by atoms with van der Waals surface area (Å²) in [6, 6.07) is 18.8. The van der Waals surface area contributed by atoms with Gasteiger partial charge in [-0.2, -0.15) is 4.98 Å². The van der Waals surface area contributed by atoms with Gasteiger partial charge >= 0.3 is 0 Å². The quantitative estimate of drug-likeness (QED) is 0.257. The number of nitrogens with one attached hydrogen (secondary N) is 2. The maximum Gasteiger partial charge on any atom is 0.261 e. The topological polar surface area (TPSA) is 89.3 Å². The molecule has 0 fully saturated rings. The van der Waals surface area contributed by atoms with E-state index in [1.54, 1.807) is 18.3 Å². The maximum absolute atomic E-state index is 13.1. The SMILES string of the molecule is COc1c(C(=O)NC(=S)Nc2cc(-c3nc4ncccc4o3)ccc2C)cc2ccccc2c1Br. The largest absolute Gasteiger partial charge is 0.495 e. The predicted molar refractivity (Wildman–Crippen MR) is 144 cm³/mol. The number of thiocarbonyl (C=S) groups is 1. The Morgan fingerprint density at radius 1 is 1.11 bits per heavy atom. The highest BCUT2D eigenvalue weighted by Gasteiger charge is 2.19. The van der Waals surface area contributed by atoms with E-state index in [9.17, 15) is 4.79 Å². The number of carbonyl (C=O) groups is 1. The highest BCUT2D eigenvalue weighted by atomic mass is 79.9. The Balaban J connectivity index is 1.39. The third-order valence-electron chi connectivity index (χ3n) is 5.51. The van der Waals surface area contributed by atoms with Crippen LogP contribution < -0.4 is 15.4 Å². The molecular formula is C26H19BrN4O3S. The Morgan fingerprint density at radius 3 is 2.74 bits per heavy atom. The molecule has 7 nitrogen and oxygen atoms in total. The van der Waals surface area contributed by atoms with Crippen molar-refractivity contribution in [2.45, 2.75) is 6.92 Å².